The zero-order valence-corrected chi connectivity index (χ0v) is 12.6. The van der Waals surface area contributed by atoms with Gasteiger partial charge < -0.3 is 14.8 Å². The van der Waals surface area contributed by atoms with E-state index in [4.69, 9.17) is 9.47 Å². The van der Waals surface area contributed by atoms with Crippen LogP contribution in [-0.2, 0) is 9.47 Å². The van der Waals surface area contributed by atoms with Gasteiger partial charge in [0.15, 0.2) is 0 Å². The second-order valence-electron chi connectivity index (χ2n) is 6.26. The molecule has 0 aliphatic carbocycles. The van der Waals surface area contributed by atoms with E-state index in [1.54, 1.807) is 0 Å². The molecule has 0 spiro atoms. The van der Waals surface area contributed by atoms with Crippen molar-refractivity contribution in [3.8, 4) is 0 Å². The van der Waals surface area contributed by atoms with Crippen LogP contribution < -0.4 is 5.32 Å². The number of nitrogens with zero attached hydrogens (tertiary/aromatic N) is 1. The Morgan fingerprint density at radius 2 is 2.40 bits per heavy atom. The molecule has 1 N–H and O–H groups in total. The van der Waals surface area contributed by atoms with Gasteiger partial charge >= 0.3 is 0 Å². The quantitative estimate of drug-likeness (QED) is 0.834. The molecule has 0 aromatic carbocycles. The highest BCUT2D eigenvalue weighted by molar-refractivity contribution is 5.14. The van der Waals surface area contributed by atoms with Crippen molar-refractivity contribution in [2.24, 2.45) is 0 Å². The second-order valence-corrected chi connectivity index (χ2v) is 6.26. The maximum atomic E-state index is 6.20. The number of hydrogen-bond donors (Lipinski definition) is 1. The first-order valence-corrected chi connectivity index (χ1v) is 8.28. The lowest BCUT2D eigenvalue weighted by atomic mass is 9.95. The van der Waals surface area contributed by atoms with Crippen molar-refractivity contribution in [1.29, 1.82) is 0 Å². The third-order valence-corrected chi connectivity index (χ3v) is 4.76. The Labute approximate surface area is 122 Å². The standard InChI is InChI=1S/C16H28N2O2/c1-2-7-17-16(13-5-4-9-19-11-13)15-10-18-8-3-6-14(18)12-20-15/h11,14-17H,2-10,12H2,1H3. The summed E-state index contributed by atoms with van der Waals surface area (Å²) in [6, 6.07) is 1.01. The third-order valence-electron chi connectivity index (χ3n) is 4.76. The highest BCUT2D eigenvalue weighted by Gasteiger charge is 2.37. The van der Waals surface area contributed by atoms with E-state index in [-0.39, 0.29) is 6.10 Å². The molecule has 0 saturated carbocycles. The van der Waals surface area contributed by atoms with Crippen LogP contribution in [0.25, 0.3) is 0 Å². The lowest BCUT2D eigenvalue weighted by Crippen LogP contribution is -2.55. The van der Waals surface area contributed by atoms with Gasteiger partial charge in [-0.25, -0.2) is 0 Å². The smallest absolute Gasteiger partial charge is 0.0895 e. The normalized spacial score (nSPS) is 32.4. The largest absolute Gasteiger partial charge is 0.501 e. The topological polar surface area (TPSA) is 33.7 Å². The Morgan fingerprint density at radius 1 is 1.45 bits per heavy atom. The highest BCUT2D eigenvalue weighted by Crippen LogP contribution is 2.27. The van der Waals surface area contributed by atoms with Crippen LogP contribution in [0.4, 0.5) is 0 Å². The number of fused-ring (bicyclic) bond motifs is 1. The molecule has 0 amide bonds. The molecule has 4 nitrogen and oxygen atoms in total. The van der Waals surface area contributed by atoms with Gasteiger partial charge in [0, 0.05) is 12.6 Å². The summed E-state index contributed by atoms with van der Waals surface area (Å²) in [6.07, 6.45) is 8.34. The molecule has 3 rings (SSSR count). The summed E-state index contributed by atoms with van der Waals surface area (Å²) in [4.78, 5) is 2.62. The monoisotopic (exact) mass is 280 g/mol. The summed E-state index contributed by atoms with van der Waals surface area (Å²) in [5.41, 5.74) is 1.40. The molecule has 114 valence electrons. The first-order valence-electron chi connectivity index (χ1n) is 8.28. The summed E-state index contributed by atoms with van der Waals surface area (Å²) in [5.74, 6) is 0. The number of hydrogen-bond acceptors (Lipinski definition) is 4. The predicted molar refractivity (Wildman–Crippen MR) is 79.7 cm³/mol. The first kappa shape index (κ1) is 14.4. The van der Waals surface area contributed by atoms with Gasteiger partial charge in [0.1, 0.15) is 0 Å². The fourth-order valence-corrected chi connectivity index (χ4v) is 3.66. The lowest BCUT2D eigenvalue weighted by molar-refractivity contribution is -0.0603. The van der Waals surface area contributed by atoms with E-state index in [1.165, 1.54) is 25.0 Å². The zero-order valence-electron chi connectivity index (χ0n) is 12.6. The van der Waals surface area contributed by atoms with Gasteiger partial charge in [-0.2, -0.15) is 0 Å². The molecule has 3 heterocycles. The van der Waals surface area contributed by atoms with Crippen LogP contribution in [0, 0.1) is 0 Å². The van der Waals surface area contributed by atoms with E-state index in [9.17, 15) is 0 Å². The summed E-state index contributed by atoms with van der Waals surface area (Å²) in [7, 11) is 0. The van der Waals surface area contributed by atoms with Crippen LogP contribution in [0.2, 0.25) is 0 Å². The SMILES string of the molecule is CCCNC(C1=COCCC1)C1CN2CCCC2CO1. The maximum Gasteiger partial charge on any atom is 0.0895 e. The van der Waals surface area contributed by atoms with Gasteiger partial charge in [0.25, 0.3) is 0 Å². The fraction of sp³-hybridized carbons (Fsp3) is 0.875. The van der Waals surface area contributed by atoms with Crippen LogP contribution >= 0.6 is 0 Å². The Bertz CT molecular complexity index is 345. The van der Waals surface area contributed by atoms with E-state index in [0.29, 0.717) is 12.1 Å². The molecule has 0 aromatic rings. The summed E-state index contributed by atoms with van der Waals surface area (Å²) < 4.78 is 11.8. The summed E-state index contributed by atoms with van der Waals surface area (Å²) in [6.45, 7) is 7.36. The minimum absolute atomic E-state index is 0.281. The highest BCUT2D eigenvalue weighted by atomic mass is 16.5. The van der Waals surface area contributed by atoms with Crippen molar-refractivity contribution in [2.75, 3.05) is 32.8 Å². The zero-order chi connectivity index (χ0) is 13.8. The van der Waals surface area contributed by atoms with E-state index in [0.717, 1.165) is 45.6 Å². The van der Waals surface area contributed by atoms with Crippen LogP contribution in [0.1, 0.15) is 39.0 Å². The average molecular weight is 280 g/mol. The molecule has 2 saturated heterocycles. The van der Waals surface area contributed by atoms with Gasteiger partial charge in [0.05, 0.1) is 31.6 Å². The van der Waals surface area contributed by atoms with Crippen molar-refractivity contribution in [2.45, 2.75) is 57.2 Å². The number of rotatable bonds is 5. The molecular weight excluding hydrogens is 252 g/mol. The molecule has 4 heteroatoms. The molecule has 2 fully saturated rings. The van der Waals surface area contributed by atoms with Crippen LogP contribution in [-0.4, -0.2) is 55.9 Å². The Hall–Kier alpha value is -0.580. The average Bonchev–Trinajstić information content (AvgIpc) is 2.96. The van der Waals surface area contributed by atoms with Crippen molar-refractivity contribution in [3.05, 3.63) is 11.8 Å². The molecule has 3 aliphatic rings. The number of ether oxygens (including phenoxy) is 2. The minimum Gasteiger partial charge on any atom is -0.501 e. The van der Waals surface area contributed by atoms with Crippen molar-refractivity contribution in [1.82, 2.24) is 10.2 Å². The van der Waals surface area contributed by atoms with E-state index in [1.807, 2.05) is 6.26 Å². The van der Waals surface area contributed by atoms with Crippen LogP contribution in [0.15, 0.2) is 11.8 Å². The van der Waals surface area contributed by atoms with Gasteiger partial charge in [-0.3, -0.25) is 4.90 Å². The van der Waals surface area contributed by atoms with Crippen LogP contribution in [0.3, 0.4) is 0 Å². The van der Waals surface area contributed by atoms with Crippen molar-refractivity contribution in [3.63, 3.8) is 0 Å². The maximum absolute atomic E-state index is 6.20. The Morgan fingerprint density at radius 3 is 3.20 bits per heavy atom. The molecule has 3 unspecified atom stereocenters. The number of nitrogens with one attached hydrogen (secondary N) is 1. The molecule has 0 radical (unpaired) electrons. The number of morpholine rings is 1. The molecule has 3 aliphatic heterocycles. The van der Waals surface area contributed by atoms with Crippen molar-refractivity contribution >= 4 is 0 Å². The first-order chi connectivity index (χ1) is 9.88. The predicted octanol–water partition coefficient (Wildman–Crippen LogP) is 1.91. The van der Waals surface area contributed by atoms with Gasteiger partial charge in [-0.05, 0) is 50.8 Å². The molecular formula is C16H28N2O2. The van der Waals surface area contributed by atoms with Crippen molar-refractivity contribution < 1.29 is 9.47 Å². The molecule has 3 atom stereocenters. The second kappa shape index (κ2) is 6.92. The van der Waals surface area contributed by atoms with Gasteiger partial charge in [-0.15, -0.1) is 0 Å². The summed E-state index contributed by atoms with van der Waals surface area (Å²) in [5, 5.41) is 3.69. The fourth-order valence-electron chi connectivity index (χ4n) is 3.66. The minimum atomic E-state index is 0.281. The Kier molecular flexibility index (Phi) is 4.97. The molecule has 0 aromatic heterocycles. The Balaban J connectivity index is 1.66. The van der Waals surface area contributed by atoms with Gasteiger partial charge in [0.2, 0.25) is 0 Å². The lowest BCUT2D eigenvalue weighted by Gasteiger charge is -2.40. The third kappa shape index (κ3) is 3.18. The van der Waals surface area contributed by atoms with Gasteiger partial charge in [-0.1, -0.05) is 6.92 Å². The molecule has 0 bridgehead atoms. The van der Waals surface area contributed by atoms with E-state index >= 15 is 0 Å². The van der Waals surface area contributed by atoms with E-state index in [2.05, 4.69) is 17.1 Å². The molecule has 20 heavy (non-hydrogen) atoms. The summed E-state index contributed by atoms with van der Waals surface area (Å²) >= 11 is 0. The van der Waals surface area contributed by atoms with Crippen LogP contribution in [0.5, 0.6) is 0 Å². The van der Waals surface area contributed by atoms with E-state index < -0.39 is 0 Å².